The van der Waals surface area contributed by atoms with Crippen molar-refractivity contribution in [1.82, 2.24) is 0 Å². The van der Waals surface area contributed by atoms with E-state index in [0.717, 1.165) is 0 Å². The maximum atomic E-state index is 11.1. The first-order chi connectivity index (χ1) is 3.92. The number of thioether (sulfide) groups is 1. The fraction of sp³-hybridized carbons (Fsp3) is 0.667. The highest BCUT2D eigenvalue weighted by Gasteiger charge is 2.29. The SMILES string of the molecule is O=C(F)CSC(F)(F)F. The Labute approximate surface area is 52.4 Å². The quantitative estimate of drug-likeness (QED) is 0.454. The van der Waals surface area contributed by atoms with Crippen LogP contribution in [-0.4, -0.2) is 17.3 Å². The van der Waals surface area contributed by atoms with E-state index < -0.39 is 29.1 Å². The predicted molar refractivity (Wildman–Crippen MR) is 24.6 cm³/mol. The maximum absolute atomic E-state index is 11.1. The van der Waals surface area contributed by atoms with Crippen molar-refractivity contribution in [3.05, 3.63) is 0 Å². The van der Waals surface area contributed by atoms with Crippen LogP contribution in [0.2, 0.25) is 0 Å². The summed E-state index contributed by atoms with van der Waals surface area (Å²) in [5.74, 6) is -1.15. The van der Waals surface area contributed by atoms with Gasteiger partial charge in [-0.2, -0.15) is 17.6 Å². The van der Waals surface area contributed by atoms with E-state index in [9.17, 15) is 22.4 Å². The van der Waals surface area contributed by atoms with Crippen molar-refractivity contribution in [2.75, 3.05) is 5.75 Å². The zero-order chi connectivity index (χ0) is 7.49. The molecule has 0 saturated carbocycles. The van der Waals surface area contributed by atoms with E-state index in [0.29, 0.717) is 0 Å². The number of halogens is 4. The highest BCUT2D eigenvalue weighted by atomic mass is 32.2. The summed E-state index contributed by atoms with van der Waals surface area (Å²) < 4.78 is 44.3. The smallest absolute Gasteiger partial charge is 0.260 e. The minimum absolute atomic E-state index is 0.683. The van der Waals surface area contributed by atoms with Crippen LogP contribution in [0, 0.1) is 0 Å². The fourth-order valence-corrected chi connectivity index (χ4v) is 0.416. The van der Waals surface area contributed by atoms with E-state index >= 15 is 0 Å². The van der Waals surface area contributed by atoms with Gasteiger partial charge >= 0.3 is 11.5 Å². The van der Waals surface area contributed by atoms with Gasteiger partial charge in [0.2, 0.25) is 0 Å². The summed E-state index contributed by atoms with van der Waals surface area (Å²) in [5.41, 5.74) is -4.51. The lowest BCUT2D eigenvalue weighted by molar-refractivity contribution is -0.126. The van der Waals surface area contributed by atoms with Gasteiger partial charge in [0, 0.05) is 0 Å². The van der Waals surface area contributed by atoms with Crippen LogP contribution in [0.4, 0.5) is 17.6 Å². The summed E-state index contributed by atoms with van der Waals surface area (Å²) in [7, 11) is 0. The Morgan fingerprint density at radius 1 is 1.44 bits per heavy atom. The second-order valence-corrected chi connectivity index (χ2v) is 2.13. The molecule has 0 N–H and O–H groups in total. The Balaban J connectivity index is 3.39. The first kappa shape index (κ1) is 8.74. The molecule has 0 aromatic carbocycles. The molecular formula is C3H2F4OS. The molecule has 0 atom stereocenters. The molecule has 0 unspecified atom stereocenters. The highest BCUT2D eigenvalue weighted by molar-refractivity contribution is 8.00. The third kappa shape index (κ3) is 7.74. The molecule has 0 rings (SSSR count). The van der Waals surface area contributed by atoms with Gasteiger partial charge in [0.15, 0.2) is 0 Å². The lowest BCUT2D eigenvalue weighted by atomic mass is 10.9. The third-order valence-corrected chi connectivity index (χ3v) is 1.05. The number of carbonyl (C=O) groups is 1. The van der Waals surface area contributed by atoms with E-state index in [1.54, 1.807) is 0 Å². The molecule has 0 aromatic heterocycles. The summed E-state index contributed by atoms with van der Waals surface area (Å²) in [6.07, 6.45) is 0. The maximum Gasteiger partial charge on any atom is 0.442 e. The summed E-state index contributed by atoms with van der Waals surface area (Å²) >= 11 is -0.683. The van der Waals surface area contributed by atoms with Gasteiger partial charge in [0.05, 0.1) is 5.75 Å². The van der Waals surface area contributed by atoms with Crippen LogP contribution < -0.4 is 0 Å². The van der Waals surface area contributed by atoms with E-state index in [4.69, 9.17) is 0 Å². The first-order valence-electron chi connectivity index (χ1n) is 1.81. The number of carbonyl (C=O) groups excluding carboxylic acids is 1. The molecule has 0 saturated heterocycles. The Kier molecular flexibility index (Phi) is 2.96. The van der Waals surface area contributed by atoms with Crippen LogP contribution >= 0.6 is 11.8 Å². The van der Waals surface area contributed by atoms with Gasteiger partial charge < -0.3 is 0 Å². The second kappa shape index (κ2) is 3.05. The van der Waals surface area contributed by atoms with Gasteiger partial charge in [-0.1, -0.05) is 0 Å². The normalized spacial score (nSPS) is 11.6. The van der Waals surface area contributed by atoms with E-state index in [1.807, 2.05) is 0 Å². The monoisotopic (exact) mass is 162 g/mol. The van der Waals surface area contributed by atoms with Gasteiger partial charge in [-0.25, -0.2) is 0 Å². The molecule has 0 aromatic rings. The molecule has 0 heterocycles. The van der Waals surface area contributed by atoms with Crippen LogP contribution in [0.5, 0.6) is 0 Å². The Bertz CT molecular complexity index is 109. The molecule has 0 spiro atoms. The van der Waals surface area contributed by atoms with Gasteiger partial charge in [-0.15, -0.1) is 0 Å². The number of rotatable bonds is 2. The van der Waals surface area contributed by atoms with Crippen LogP contribution in [-0.2, 0) is 4.79 Å². The predicted octanol–water partition coefficient (Wildman–Crippen LogP) is 1.74. The summed E-state index contributed by atoms with van der Waals surface area (Å²) in [4.78, 5) is 9.30. The van der Waals surface area contributed by atoms with Crippen LogP contribution in [0.15, 0.2) is 0 Å². The Hall–Kier alpha value is -0.260. The molecule has 0 radical (unpaired) electrons. The van der Waals surface area contributed by atoms with Crippen molar-refractivity contribution >= 4 is 17.8 Å². The topological polar surface area (TPSA) is 17.1 Å². The molecule has 0 aliphatic heterocycles. The van der Waals surface area contributed by atoms with Crippen molar-refractivity contribution in [3.8, 4) is 0 Å². The molecule has 0 bridgehead atoms. The van der Waals surface area contributed by atoms with Crippen LogP contribution in [0.25, 0.3) is 0 Å². The molecule has 0 aliphatic rings. The minimum atomic E-state index is -4.51. The highest BCUT2D eigenvalue weighted by Crippen LogP contribution is 2.29. The molecule has 54 valence electrons. The van der Waals surface area contributed by atoms with Crippen molar-refractivity contribution in [1.29, 1.82) is 0 Å². The average Bonchev–Trinajstić information content (AvgIpc) is 1.59. The molecule has 1 nitrogen and oxygen atoms in total. The van der Waals surface area contributed by atoms with E-state index in [1.165, 1.54) is 0 Å². The summed E-state index contributed by atoms with van der Waals surface area (Å²) in [6, 6.07) is -1.96. The number of hydrogen-bond acceptors (Lipinski definition) is 2. The molecule has 0 aliphatic carbocycles. The van der Waals surface area contributed by atoms with Gasteiger partial charge in [0.25, 0.3) is 0 Å². The van der Waals surface area contributed by atoms with Crippen molar-refractivity contribution in [2.45, 2.75) is 5.51 Å². The van der Waals surface area contributed by atoms with Crippen LogP contribution in [0.3, 0.4) is 0 Å². The standard InChI is InChI=1S/C3H2F4OS/c4-2(8)1-9-3(5,6)7/h1H2. The lowest BCUT2D eigenvalue weighted by Crippen LogP contribution is -2.04. The zero-order valence-corrected chi connectivity index (χ0v) is 4.85. The average molecular weight is 162 g/mol. The zero-order valence-electron chi connectivity index (χ0n) is 4.04. The van der Waals surface area contributed by atoms with E-state index in [2.05, 4.69) is 0 Å². The first-order valence-corrected chi connectivity index (χ1v) is 2.79. The summed E-state index contributed by atoms with van der Waals surface area (Å²) in [5, 5.41) is 0. The van der Waals surface area contributed by atoms with Gasteiger partial charge in [-0.3, -0.25) is 4.79 Å². The Morgan fingerprint density at radius 2 is 1.89 bits per heavy atom. The minimum Gasteiger partial charge on any atom is -0.260 e. The fourth-order valence-electron chi connectivity index (χ4n) is 0.139. The van der Waals surface area contributed by atoms with Crippen LogP contribution in [0.1, 0.15) is 0 Å². The van der Waals surface area contributed by atoms with E-state index in [-0.39, 0.29) is 0 Å². The Morgan fingerprint density at radius 3 is 2.00 bits per heavy atom. The van der Waals surface area contributed by atoms with Crippen molar-refractivity contribution < 1.29 is 22.4 Å². The number of hydrogen-bond donors (Lipinski definition) is 0. The summed E-state index contributed by atoms with van der Waals surface area (Å²) in [6.45, 7) is 0. The molecule has 6 heteroatoms. The lowest BCUT2D eigenvalue weighted by Gasteiger charge is -1.99. The molecule has 9 heavy (non-hydrogen) atoms. The molecule has 0 fully saturated rings. The van der Waals surface area contributed by atoms with Crippen molar-refractivity contribution in [2.24, 2.45) is 0 Å². The van der Waals surface area contributed by atoms with Crippen molar-refractivity contribution in [3.63, 3.8) is 0 Å². The molecular weight excluding hydrogens is 160 g/mol. The number of alkyl halides is 3. The largest absolute Gasteiger partial charge is 0.442 e. The molecule has 0 amide bonds. The van der Waals surface area contributed by atoms with Gasteiger partial charge in [-0.05, 0) is 11.8 Å². The van der Waals surface area contributed by atoms with Gasteiger partial charge in [0.1, 0.15) is 0 Å². The second-order valence-electron chi connectivity index (χ2n) is 1.09. The third-order valence-electron chi connectivity index (χ3n) is 0.349.